The highest BCUT2D eigenvalue weighted by Crippen LogP contribution is 2.60. The van der Waals surface area contributed by atoms with Crippen molar-refractivity contribution in [2.45, 2.75) is 79.1 Å². The molecule has 5 unspecified atom stereocenters. The predicted molar refractivity (Wildman–Crippen MR) is 149 cm³/mol. The predicted octanol–water partition coefficient (Wildman–Crippen LogP) is 6.16. The van der Waals surface area contributed by atoms with Crippen LogP contribution in [-0.4, -0.2) is 74.9 Å². The first-order valence-corrected chi connectivity index (χ1v) is 18.4. The first-order valence-electron chi connectivity index (χ1n) is 11.4. The fourth-order valence-electron chi connectivity index (χ4n) is 4.30. The van der Waals surface area contributed by atoms with Crippen LogP contribution in [-0.2, 0) is 4.74 Å². The van der Waals surface area contributed by atoms with Gasteiger partial charge in [0.05, 0.1) is 11.4 Å². The SMILES string of the molecule is BC1CC(OC(C)(C)[PH](=C)CP(=C)(CC)CCP(=C)(CC)CC)C(C)C1(C)C. The van der Waals surface area contributed by atoms with Gasteiger partial charge in [-0.3, -0.25) is 0 Å². The lowest BCUT2D eigenvalue weighted by Crippen LogP contribution is -2.32. The lowest BCUT2D eigenvalue weighted by molar-refractivity contribution is -0.0426. The van der Waals surface area contributed by atoms with Crippen LogP contribution in [0.15, 0.2) is 0 Å². The second kappa shape index (κ2) is 10.0. The maximum atomic E-state index is 6.82. The standard InChI is InChI=1S/C23H50BOP3/c1-12-27(10,13-2)15-16-28(11,14-3)18-26(9)23(7,8)25-20-17-21(24)22(5,6)19(20)4/h19-21,26H,9-18,24H2,1-8H3. The maximum absolute atomic E-state index is 6.82. The Morgan fingerprint density at radius 2 is 1.54 bits per heavy atom. The first kappa shape index (κ1) is 27.0. The summed E-state index contributed by atoms with van der Waals surface area (Å²) in [4.78, 5) is 0. The van der Waals surface area contributed by atoms with Gasteiger partial charge in [0, 0.05) is 0 Å². The Kier molecular flexibility index (Phi) is 9.66. The normalized spacial score (nSPS) is 28.8. The maximum Gasteiger partial charge on any atom is 0.106 e. The van der Waals surface area contributed by atoms with Crippen LogP contribution in [0.5, 0.6) is 0 Å². The van der Waals surface area contributed by atoms with E-state index < -0.39 is 21.3 Å². The van der Waals surface area contributed by atoms with E-state index in [0.29, 0.717) is 17.4 Å². The lowest BCUT2D eigenvalue weighted by Gasteiger charge is -2.38. The highest BCUT2D eigenvalue weighted by atomic mass is 31.2. The molecule has 0 N–H and O–H groups in total. The quantitative estimate of drug-likeness (QED) is 0.273. The van der Waals surface area contributed by atoms with E-state index in [2.05, 4.69) is 69.5 Å². The molecule has 166 valence electrons. The number of hydrogen-bond donors (Lipinski definition) is 0. The topological polar surface area (TPSA) is 9.23 Å². The molecule has 0 radical (unpaired) electrons. The molecule has 1 saturated carbocycles. The van der Waals surface area contributed by atoms with Gasteiger partial charge in [-0.15, -0.1) is 32.7 Å². The van der Waals surface area contributed by atoms with E-state index in [4.69, 9.17) is 17.3 Å². The van der Waals surface area contributed by atoms with Crippen molar-refractivity contribution in [2.75, 3.05) is 36.7 Å². The summed E-state index contributed by atoms with van der Waals surface area (Å²) < 4.78 is 6.82. The Morgan fingerprint density at radius 3 is 1.93 bits per heavy atom. The fourth-order valence-corrected chi connectivity index (χ4v) is 15.7. The zero-order valence-corrected chi connectivity index (χ0v) is 23.4. The number of ether oxygens (including phenoxy) is 1. The molecular formula is C23H50BOP3. The molecule has 5 heteroatoms. The summed E-state index contributed by atoms with van der Waals surface area (Å²) in [5.74, 6) is 2.57. The van der Waals surface area contributed by atoms with Gasteiger partial charge in [0.15, 0.2) is 0 Å². The van der Waals surface area contributed by atoms with Crippen molar-refractivity contribution < 1.29 is 4.74 Å². The highest BCUT2D eigenvalue weighted by molar-refractivity contribution is 7.84. The first-order chi connectivity index (χ1) is 12.7. The van der Waals surface area contributed by atoms with E-state index in [1.165, 1.54) is 43.1 Å². The third kappa shape index (κ3) is 6.46. The molecule has 1 rings (SSSR count). The van der Waals surface area contributed by atoms with Crippen molar-refractivity contribution in [3.8, 4) is 0 Å². The molecule has 28 heavy (non-hydrogen) atoms. The molecule has 0 aliphatic heterocycles. The molecule has 1 aliphatic rings. The van der Waals surface area contributed by atoms with Crippen LogP contribution in [0.1, 0.15) is 61.8 Å². The van der Waals surface area contributed by atoms with Crippen LogP contribution in [0, 0.1) is 11.3 Å². The molecule has 0 saturated heterocycles. The van der Waals surface area contributed by atoms with Crippen LogP contribution < -0.4 is 0 Å². The van der Waals surface area contributed by atoms with Gasteiger partial charge in [-0.2, -0.15) is 0 Å². The van der Waals surface area contributed by atoms with Crippen molar-refractivity contribution in [3.63, 3.8) is 0 Å². The Balaban J connectivity index is 2.82. The summed E-state index contributed by atoms with van der Waals surface area (Å²) in [7, 11) is 1.52. The summed E-state index contributed by atoms with van der Waals surface area (Å²) in [5, 5.41) is -0.0892. The van der Waals surface area contributed by atoms with Crippen molar-refractivity contribution in [1.29, 1.82) is 0 Å². The molecule has 0 heterocycles. The van der Waals surface area contributed by atoms with Crippen molar-refractivity contribution in [3.05, 3.63) is 0 Å². The summed E-state index contributed by atoms with van der Waals surface area (Å²) in [6.07, 6.45) is 22.2. The van der Waals surface area contributed by atoms with Crippen LogP contribution in [0.2, 0.25) is 5.82 Å². The highest BCUT2D eigenvalue weighted by Gasteiger charge is 2.46. The van der Waals surface area contributed by atoms with Crippen molar-refractivity contribution in [1.82, 2.24) is 0 Å². The van der Waals surface area contributed by atoms with Gasteiger partial charge in [0.1, 0.15) is 7.85 Å². The fraction of sp³-hybridized carbons (Fsp3) is 0.870. The molecule has 0 aromatic rings. The van der Waals surface area contributed by atoms with E-state index in [-0.39, 0.29) is 5.34 Å². The molecule has 1 fully saturated rings. The molecule has 0 bridgehead atoms. The van der Waals surface area contributed by atoms with E-state index in [9.17, 15) is 0 Å². The Labute approximate surface area is 179 Å². The average molecular weight is 446 g/mol. The summed E-state index contributed by atoms with van der Waals surface area (Å²) in [5.41, 5.74) is 0.364. The number of rotatable bonds is 11. The van der Waals surface area contributed by atoms with E-state index in [0.717, 1.165) is 5.82 Å². The van der Waals surface area contributed by atoms with Crippen LogP contribution in [0.4, 0.5) is 0 Å². The minimum absolute atomic E-state index is 0.0892. The monoisotopic (exact) mass is 446 g/mol. The molecule has 5 atom stereocenters. The van der Waals surface area contributed by atoms with Gasteiger partial charge in [0.25, 0.3) is 0 Å². The van der Waals surface area contributed by atoms with Gasteiger partial charge < -0.3 is 4.74 Å². The zero-order chi connectivity index (χ0) is 22.0. The molecule has 0 spiro atoms. The Hall–Kier alpha value is 0.925. The molecular weight excluding hydrogens is 396 g/mol. The van der Waals surface area contributed by atoms with Crippen LogP contribution in [0.25, 0.3) is 0 Å². The largest absolute Gasteiger partial charge is 0.368 e. The van der Waals surface area contributed by atoms with E-state index in [1.807, 2.05) is 0 Å². The second-order valence-corrected chi connectivity index (χ2v) is 22.6. The molecule has 1 aliphatic carbocycles. The Bertz CT molecular complexity index is 630. The third-order valence-electron chi connectivity index (χ3n) is 8.47. The summed E-state index contributed by atoms with van der Waals surface area (Å²) in [6, 6.07) is 0. The van der Waals surface area contributed by atoms with Gasteiger partial charge in [-0.1, -0.05) is 54.9 Å². The average Bonchev–Trinajstić information content (AvgIpc) is 2.82. The molecule has 0 amide bonds. The van der Waals surface area contributed by atoms with Gasteiger partial charge in [0.2, 0.25) is 0 Å². The van der Waals surface area contributed by atoms with E-state index >= 15 is 0 Å². The van der Waals surface area contributed by atoms with Gasteiger partial charge in [-0.25, -0.2) is 0 Å². The minimum Gasteiger partial charge on any atom is -0.368 e. The summed E-state index contributed by atoms with van der Waals surface area (Å²) in [6.45, 7) is 16.7. The Morgan fingerprint density at radius 1 is 1.07 bits per heavy atom. The van der Waals surface area contributed by atoms with E-state index in [1.54, 1.807) is 0 Å². The second-order valence-electron chi connectivity index (χ2n) is 10.8. The van der Waals surface area contributed by atoms with Crippen LogP contribution in [0.3, 0.4) is 0 Å². The summed E-state index contributed by atoms with van der Waals surface area (Å²) >= 11 is 0. The minimum atomic E-state index is -1.18. The molecule has 0 aromatic heterocycles. The zero-order valence-electron chi connectivity index (χ0n) is 20.6. The smallest absolute Gasteiger partial charge is 0.106 e. The third-order valence-corrected chi connectivity index (χ3v) is 21.2. The number of hydrogen-bond acceptors (Lipinski definition) is 1. The van der Waals surface area contributed by atoms with Crippen molar-refractivity contribution >= 4 is 48.1 Å². The van der Waals surface area contributed by atoms with Gasteiger partial charge in [-0.05, 0) is 68.3 Å². The van der Waals surface area contributed by atoms with Gasteiger partial charge >= 0.3 is 0 Å². The molecule has 0 aromatic carbocycles. The lowest BCUT2D eigenvalue weighted by atomic mass is 9.67. The van der Waals surface area contributed by atoms with Crippen LogP contribution >= 0.6 is 21.3 Å². The molecule has 1 nitrogen and oxygen atoms in total. The van der Waals surface area contributed by atoms with Crippen molar-refractivity contribution in [2.24, 2.45) is 11.3 Å².